The molecular weight excluding hydrogens is 416 g/mol. The highest BCUT2D eigenvalue weighted by molar-refractivity contribution is 6.31. The Labute approximate surface area is 194 Å². The number of aryl methyl sites for hydroxylation is 4. The number of nitrogens with zero attached hydrogens (tertiary/aromatic N) is 2. The minimum atomic E-state index is -0.246. The molecule has 0 amide bonds. The van der Waals surface area contributed by atoms with Gasteiger partial charge in [-0.15, -0.1) is 0 Å². The number of carbonyl (C=O) groups excluding carboxylic acids is 1. The van der Waals surface area contributed by atoms with Crippen LogP contribution in [0.1, 0.15) is 39.4 Å². The summed E-state index contributed by atoms with van der Waals surface area (Å²) in [4.78, 5) is 12.0. The van der Waals surface area contributed by atoms with Gasteiger partial charge < -0.3 is 4.79 Å². The van der Waals surface area contributed by atoms with Crippen molar-refractivity contribution in [3.8, 4) is 16.9 Å². The summed E-state index contributed by atoms with van der Waals surface area (Å²) in [5.74, 6) is -0.246. The molecule has 162 valence electrons. The van der Waals surface area contributed by atoms with E-state index in [1.54, 1.807) is 0 Å². The van der Waals surface area contributed by atoms with Gasteiger partial charge in [0.25, 0.3) is 0 Å². The van der Waals surface area contributed by atoms with Gasteiger partial charge in [0.2, 0.25) is 0 Å². The summed E-state index contributed by atoms with van der Waals surface area (Å²) < 4.78 is 1.93. The first-order valence-electron chi connectivity index (χ1n) is 10.8. The zero-order valence-electron chi connectivity index (χ0n) is 18.9. The third kappa shape index (κ3) is 4.68. The van der Waals surface area contributed by atoms with Gasteiger partial charge in [0.15, 0.2) is 0 Å². The Morgan fingerprint density at radius 3 is 2.19 bits per heavy atom. The van der Waals surface area contributed by atoms with Gasteiger partial charge in [-0.25, -0.2) is 4.68 Å². The zero-order valence-corrected chi connectivity index (χ0v) is 19.6. The number of aromatic nitrogens is 2. The van der Waals surface area contributed by atoms with Gasteiger partial charge in [-0.2, -0.15) is 5.10 Å². The summed E-state index contributed by atoms with van der Waals surface area (Å²) in [7, 11) is 0. The lowest BCUT2D eigenvalue weighted by atomic mass is 9.93. The van der Waals surface area contributed by atoms with Crippen molar-refractivity contribution in [1.82, 2.24) is 9.78 Å². The van der Waals surface area contributed by atoms with Gasteiger partial charge in [0.05, 0.1) is 17.1 Å². The molecular formula is C28H27ClN2O. The molecule has 4 heteroatoms. The zero-order chi connectivity index (χ0) is 22.8. The second kappa shape index (κ2) is 9.13. The summed E-state index contributed by atoms with van der Waals surface area (Å²) >= 11 is 6.42. The number of hydrogen-bond donors (Lipinski definition) is 0. The van der Waals surface area contributed by atoms with E-state index in [0.29, 0.717) is 11.4 Å². The van der Waals surface area contributed by atoms with Crippen LogP contribution in [0.4, 0.5) is 0 Å². The molecule has 0 aliphatic carbocycles. The van der Waals surface area contributed by atoms with Crippen LogP contribution in [0.5, 0.6) is 0 Å². The number of carbonyl (C=O) groups is 1. The Kier molecular flexibility index (Phi) is 6.29. The van der Waals surface area contributed by atoms with Crippen LogP contribution in [0.15, 0.2) is 66.7 Å². The van der Waals surface area contributed by atoms with Crippen LogP contribution in [0.3, 0.4) is 0 Å². The van der Waals surface area contributed by atoms with E-state index in [9.17, 15) is 4.79 Å². The fraction of sp³-hybridized carbons (Fsp3) is 0.214. The van der Waals surface area contributed by atoms with E-state index in [0.717, 1.165) is 51.2 Å². The summed E-state index contributed by atoms with van der Waals surface area (Å²) in [6.45, 7) is 8.18. The Bertz CT molecular complexity index is 1250. The molecule has 32 heavy (non-hydrogen) atoms. The first-order chi connectivity index (χ1) is 15.3. The standard InChI is InChI=1S/C28H27ClN2O/c1-18-5-8-22(9-6-18)28-15-25(30-31(28)26-10-7-21(4)27(29)16-26)14-24(17-32)23-12-19(2)11-20(3)13-23/h5-13,15-17,24H,14H2,1-4H3. The lowest BCUT2D eigenvalue weighted by Gasteiger charge is -2.11. The van der Waals surface area contributed by atoms with Crippen LogP contribution >= 0.6 is 11.6 Å². The Hall–Kier alpha value is -3.17. The predicted octanol–water partition coefficient (Wildman–Crippen LogP) is 6.95. The van der Waals surface area contributed by atoms with Crippen molar-refractivity contribution in [1.29, 1.82) is 0 Å². The number of rotatable bonds is 6. The SMILES string of the molecule is Cc1ccc(-c2cc(CC(C=O)c3cc(C)cc(C)c3)nn2-c2ccc(C)c(Cl)c2)cc1. The van der Waals surface area contributed by atoms with Crippen LogP contribution < -0.4 is 0 Å². The highest BCUT2D eigenvalue weighted by Gasteiger charge is 2.18. The van der Waals surface area contributed by atoms with Gasteiger partial charge in [-0.1, -0.05) is 76.8 Å². The summed E-state index contributed by atoms with van der Waals surface area (Å²) in [5.41, 5.74) is 9.39. The van der Waals surface area contributed by atoms with Crippen molar-refractivity contribution < 1.29 is 4.79 Å². The van der Waals surface area contributed by atoms with Crippen LogP contribution in [-0.4, -0.2) is 16.1 Å². The highest BCUT2D eigenvalue weighted by atomic mass is 35.5. The molecule has 0 aliphatic heterocycles. The predicted molar refractivity (Wildman–Crippen MR) is 132 cm³/mol. The van der Waals surface area contributed by atoms with E-state index in [1.165, 1.54) is 5.56 Å². The van der Waals surface area contributed by atoms with Crippen molar-refractivity contribution in [2.45, 2.75) is 40.0 Å². The quantitative estimate of drug-likeness (QED) is 0.303. The molecule has 1 atom stereocenters. The van der Waals surface area contributed by atoms with Crippen molar-refractivity contribution >= 4 is 17.9 Å². The molecule has 0 radical (unpaired) electrons. The monoisotopic (exact) mass is 442 g/mol. The molecule has 3 nitrogen and oxygen atoms in total. The van der Waals surface area contributed by atoms with E-state index < -0.39 is 0 Å². The Morgan fingerprint density at radius 1 is 0.875 bits per heavy atom. The van der Waals surface area contributed by atoms with Gasteiger partial charge in [0, 0.05) is 22.9 Å². The third-order valence-electron chi connectivity index (χ3n) is 5.77. The molecule has 0 saturated heterocycles. The first kappa shape index (κ1) is 22.0. The average Bonchev–Trinajstić information content (AvgIpc) is 3.17. The maximum absolute atomic E-state index is 12.0. The van der Waals surface area contributed by atoms with Crippen molar-refractivity contribution in [2.24, 2.45) is 0 Å². The molecule has 0 N–H and O–H groups in total. The van der Waals surface area contributed by atoms with E-state index in [1.807, 2.05) is 29.8 Å². The second-order valence-electron chi connectivity index (χ2n) is 8.60. The maximum Gasteiger partial charge on any atom is 0.127 e. The van der Waals surface area contributed by atoms with Crippen LogP contribution in [0, 0.1) is 27.7 Å². The normalized spacial score (nSPS) is 12.0. The van der Waals surface area contributed by atoms with E-state index in [-0.39, 0.29) is 5.92 Å². The molecule has 0 aliphatic rings. The van der Waals surface area contributed by atoms with Crippen molar-refractivity contribution in [2.75, 3.05) is 0 Å². The molecule has 0 bridgehead atoms. The summed E-state index contributed by atoms with van der Waals surface area (Å²) in [6, 6.07) is 22.7. The molecule has 0 saturated carbocycles. The molecule has 0 fully saturated rings. The molecule has 1 heterocycles. The highest BCUT2D eigenvalue weighted by Crippen LogP contribution is 2.29. The minimum Gasteiger partial charge on any atom is -0.303 e. The fourth-order valence-corrected chi connectivity index (χ4v) is 4.24. The summed E-state index contributed by atoms with van der Waals surface area (Å²) in [5, 5.41) is 5.61. The third-order valence-corrected chi connectivity index (χ3v) is 6.18. The van der Waals surface area contributed by atoms with Gasteiger partial charge >= 0.3 is 0 Å². The fourth-order valence-electron chi connectivity index (χ4n) is 4.06. The number of benzene rings is 3. The van der Waals surface area contributed by atoms with Crippen LogP contribution in [-0.2, 0) is 11.2 Å². The second-order valence-corrected chi connectivity index (χ2v) is 9.01. The Morgan fingerprint density at radius 2 is 1.56 bits per heavy atom. The van der Waals surface area contributed by atoms with Gasteiger partial charge in [0.1, 0.15) is 6.29 Å². The molecule has 4 rings (SSSR count). The molecule has 3 aromatic carbocycles. The minimum absolute atomic E-state index is 0.246. The smallest absolute Gasteiger partial charge is 0.127 e. The van der Waals surface area contributed by atoms with Crippen LogP contribution in [0.25, 0.3) is 16.9 Å². The van der Waals surface area contributed by atoms with Crippen molar-refractivity contribution in [3.63, 3.8) is 0 Å². The molecule has 4 aromatic rings. The van der Waals surface area contributed by atoms with Gasteiger partial charge in [-0.05, 0) is 57.0 Å². The maximum atomic E-state index is 12.0. The van der Waals surface area contributed by atoms with E-state index >= 15 is 0 Å². The van der Waals surface area contributed by atoms with Crippen molar-refractivity contribution in [3.05, 3.63) is 105 Å². The van der Waals surface area contributed by atoms with E-state index in [4.69, 9.17) is 16.7 Å². The largest absolute Gasteiger partial charge is 0.303 e. The number of halogens is 1. The van der Waals surface area contributed by atoms with Gasteiger partial charge in [-0.3, -0.25) is 0 Å². The topological polar surface area (TPSA) is 34.9 Å². The lowest BCUT2D eigenvalue weighted by molar-refractivity contribution is -0.109. The summed E-state index contributed by atoms with van der Waals surface area (Å²) in [6.07, 6.45) is 1.57. The first-order valence-corrected chi connectivity index (χ1v) is 11.2. The van der Waals surface area contributed by atoms with Crippen LogP contribution in [0.2, 0.25) is 5.02 Å². The Balaban J connectivity index is 1.78. The molecule has 1 aromatic heterocycles. The lowest BCUT2D eigenvalue weighted by Crippen LogP contribution is -2.07. The van der Waals surface area contributed by atoms with E-state index in [2.05, 4.69) is 69.3 Å². The number of aldehydes is 1. The molecule has 0 spiro atoms. The molecule has 1 unspecified atom stereocenters. The number of hydrogen-bond acceptors (Lipinski definition) is 2. The average molecular weight is 443 g/mol.